The maximum atomic E-state index is 12.9. The number of thiazole rings is 1. The van der Waals surface area contributed by atoms with Crippen LogP contribution in [-0.2, 0) is 25.5 Å². The van der Waals surface area contributed by atoms with E-state index in [0.717, 1.165) is 41.4 Å². The van der Waals surface area contributed by atoms with Crippen molar-refractivity contribution in [2.75, 3.05) is 26.3 Å². The summed E-state index contributed by atoms with van der Waals surface area (Å²) in [5.41, 5.74) is 4.39. The van der Waals surface area contributed by atoms with Gasteiger partial charge in [-0.3, -0.25) is 14.0 Å². The number of amides is 1. The molecule has 2 aromatic heterocycles. The van der Waals surface area contributed by atoms with E-state index in [9.17, 15) is 9.59 Å². The van der Waals surface area contributed by atoms with Crippen LogP contribution in [0.25, 0.3) is 16.2 Å². The lowest BCUT2D eigenvalue weighted by Gasteiger charge is -2.25. The van der Waals surface area contributed by atoms with E-state index in [1.54, 1.807) is 18.3 Å². The minimum atomic E-state index is -0.329. The first kappa shape index (κ1) is 23.4. The molecule has 1 amide bonds. The maximum Gasteiger partial charge on any atom is 0.306 e. The lowest BCUT2D eigenvalue weighted by molar-refractivity contribution is -0.146. The maximum absolute atomic E-state index is 12.9. The molecule has 0 radical (unpaired) electrons. The Labute approximate surface area is 198 Å². The number of esters is 1. The van der Waals surface area contributed by atoms with Crippen LogP contribution in [0.4, 0.5) is 0 Å². The number of carbonyl (C=O) groups excluding carboxylic acids is 2. The van der Waals surface area contributed by atoms with Crippen molar-refractivity contribution < 1.29 is 19.1 Å². The van der Waals surface area contributed by atoms with Gasteiger partial charge < -0.3 is 14.4 Å². The van der Waals surface area contributed by atoms with Gasteiger partial charge >= 0.3 is 5.97 Å². The molecule has 7 nitrogen and oxygen atoms in total. The van der Waals surface area contributed by atoms with Crippen LogP contribution in [-0.4, -0.2) is 58.6 Å². The van der Waals surface area contributed by atoms with Crippen LogP contribution in [0.2, 0.25) is 0 Å². The van der Waals surface area contributed by atoms with E-state index in [2.05, 4.69) is 47.2 Å². The van der Waals surface area contributed by atoms with Gasteiger partial charge in [0.2, 0.25) is 5.91 Å². The highest BCUT2D eigenvalue weighted by atomic mass is 32.1. The second-order valence-corrected chi connectivity index (χ2v) is 9.24. The van der Waals surface area contributed by atoms with Crippen LogP contribution >= 0.6 is 11.3 Å². The molecule has 1 aromatic carbocycles. The van der Waals surface area contributed by atoms with Gasteiger partial charge in [0.15, 0.2) is 4.96 Å². The zero-order valence-electron chi connectivity index (χ0n) is 19.3. The van der Waals surface area contributed by atoms with E-state index in [1.807, 2.05) is 4.90 Å². The number of ether oxygens (including phenoxy) is 2. The smallest absolute Gasteiger partial charge is 0.306 e. The largest absolute Gasteiger partial charge is 0.466 e. The van der Waals surface area contributed by atoms with Crippen molar-refractivity contribution in [3.8, 4) is 11.3 Å². The Bertz CT molecular complexity index is 1080. The standard InChI is InChI=1S/C25H31N3O4S/c1-3-31-24(30)11-10-23(29)27(15-21-5-4-14-32-21)13-12-20-17-33-25-26-22(16-28(20)25)19-8-6-18(2)7-9-19/h6-9,16-17,21H,3-5,10-15H2,1-2H3. The van der Waals surface area contributed by atoms with Crippen molar-refractivity contribution in [3.63, 3.8) is 0 Å². The molecular formula is C25H31N3O4S. The Morgan fingerprint density at radius 2 is 2.09 bits per heavy atom. The highest BCUT2D eigenvalue weighted by Gasteiger charge is 2.23. The van der Waals surface area contributed by atoms with Gasteiger partial charge in [-0.05, 0) is 26.7 Å². The topological polar surface area (TPSA) is 73.1 Å². The second-order valence-electron chi connectivity index (χ2n) is 8.40. The SMILES string of the molecule is CCOC(=O)CCC(=O)N(CCc1csc2nc(-c3ccc(C)cc3)cn12)CC1CCCO1. The summed E-state index contributed by atoms with van der Waals surface area (Å²) in [6.45, 7) is 6.06. The number of fused-ring (bicyclic) bond motifs is 1. The molecule has 1 unspecified atom stereocenters. The first-order chi connectivity index (χ1) is 16.0. The average Bonchev–Trinajstić information content (AvgIpc) is 3.54. The number of nitrogens with zero attached hydrogens (tertiary/aromatic N) is 3. The number of benzene rings is 1. The zero-order chi connectivity index (χ0) is 23.2. The highest BCUT2D eigenvalue weighted by molar-refractivity contribution is 7.15. The number of aromatic nitrogens is 2. The van der Waals surface area contributed by atoms with E-state index >= 15 is 0 Å². The molecule has 1 fully saturated rings. The molecule has 1 aliphatic rings. The summed E-state index contributed by atoms with van der Waals surface area (Å²) >= 11 is 1.61. The average molecular weight is 470 g/mol. The van der Waals surface area contributed by atoms with Gasteiger partial charge in [-0.25, -0.2) is 4.98 Å². The van der Waals surface area contributed by atoms with Gasteiger partial charge in [-0.15, -0.1) is 11.3 Å². The lowest BCUT2D eigenvalue weighted by Crippen LogP contribution is -2.39. The summed E-state index contributed by atoms with van der Waals surface area (Å²) in [5, 5.41) is 2.11. The Hall–Kier alpha value is -2.71. The molecule has 1 aliphatic heterocycles. The molecule has 4 rings (SSSR count). The molecule has 1 saturated heterocycles. The van der Waals surface area contributed by atoms with Crippen LogP contribution in [0.3, 0.4) is 0 Å². The van der Waals surface area contributed by atoms with Crippen molar-refractivity contribution in [2.24, 2.45) is 0 Å². The fourth-order valence-electron chi connectivity index (χ4n) is 4.07. The summed E-state index contributed by atoms with van der Waals surface area (Å²) in [6.07, 6.45) is 5.11. The van der Waals surface area contributed by atoms with Gasteiger partial charge in [0.1, 0.15) is 0 Å². The summed E-state index contributed by atoms with van der Waals surface area (Å²) in [7, 11) is 0. The molecule has 3 heterocycles. The Morgan fingerprint density at radius 1 is 1.27 bits per heavy atom. The number of hydrogen-bond donors (Lipinski definition) is 0. The highest BCUT2D eigenvalue weighted by Crippen LogP contribution is 2.24. The van der Waals surface area contributed by atoms with Crippen LogP contribution in [0.15, 0.2) is 35.8 Å². The van der Waals surface area contributed by atoms with E-state index in [4.69, 9.17) is 14.5 Å². The predicted molar refractivity (Wildman–Crippen MR) is 128 cm³/mol. The van der Waals surface area contributed by atoms with Gasteiger partial charge in [-0.2, -0.15) is 0 Å². The van der Waals surface area contributed by atoms with Crippen LogP contribution < -0.4 is 0 Å². The molecule has 0 bridgehead atoms. The van der Waals surface area contributed by atoms with Crippen molar-refractivity contribution >= 4 is 28.2 Å². The lowest BCUT2D eigenvalue weighted by atomic mass is 10.1. The number of rotatable bonds is 10. The van der Waals surface area contributed by atoms with Crippen LogP contribution in [0, 0.1) is 6.92 Å². The van der Waals surface area contributed by atoms with Gasteiger partial charge in [-0.1, -0.05) is 29.8 Å². The molecule has 33 heavy (non-hydrogen) atoms. The Kier molecular flexibility index (Phi) is 7.77. The van der Waals surface area contributed by atoms with Crippen molar-refractivity contribution in [2.45, 2.75) is 52.1 Å². The third-order valence-electron chi connectivity index (χ3n) is 5.92. The Balaban J connectivity index is 1.44. The fourth-order valence-corrected chi connectivity index (χ4v) is 4.98. The number of aryl methyl sites for hydroxylation is 1. The zero-order valence-corrected chi connectivity index (χ0v) is 20.1. The molecule has 1 atom stereocenters. The van der Waals surface area contributed by atoms with Crippen LogP contribution in [0.1, 0.15) is 43.9 Å². The van der Waals surface area contributed by atoms with Crippen LogP contribution in [0.5, 0.6) is 0 Å². The monoisotopic (exact) mass is 469 g/mol. The van der Waals surface area contributed by atoms with Gasteiger partial charge in [0, 0.05) is 55.4 Å². The fraction of sp³-hybridized carbons (Fsp3) is 0.480. The molecule has 3 aromatic rings. The third-order valence-corrected chi connectivity index (χ3v) is 6.81. The van der Waals surface area contributed by atoms with E-state index < -0.39 is 0 Å². The van der Waals surface area contributed by atoms with Crippen molar-refractivity contribution in [1.82, 2.24) is 14.3 Å². The molecule has 176 valence electrons. The van der Waals surface area contributed by atoms with Gasteiger partial charge in [0.05, 0.1) is 24.8 Å². The molecule has 8 heteroatoms. The van der Waals surface area contributed by atoms with E-state index in [1.165, 1.54) is 5.56 Å². The molecule has 0 spiro atoms. The molecule has 0 aliphatic carbocycles. The minimum absolute atomic E-state index is 0.0315. The second kappa shape index (κ2) is 10.9. The Morgan fingerprint density at radius 3 is 2.82 bits per heavy atom. The summed E-state index contributed by atoms with van der Waals surface area (Å²) < 4.78 is 12.9. The summed E-state index contributed by atoms with van der Waals surface area (Å²) in [6, 6.07) is 8.36. The van der Waals surface area contributed by atoms with Gasteiger partial charge in [0.25, 0.3) is 0 Å². The normalized spacial score (nSPS) is 15.8. The molecule has 0 N–H and O–H groups in total. The van der Waals surface area contributed by atoms with E-state index in [-0.39, 0.29) is 30.8 Å². The first-order valence-electron chi connectivity index (χ1n) is 11.6. The first-order valence-corrected chi connectivity index (χ1v) is 12.5. The van der Waals surface area contributed by atoms with Crippen molar-refractivity contribution in [1.29, 1.82) is 0 Å². The van der Waals surface area contributed by atoms with E-state index in [0.29, 0.717) is 26.1 Å². The quantitative estimate of drug-likeness (QED) is 0.415. The molecule has 0 saturated carbocycles. The number of imidazole rings is 1. The molecular weight excluding hydrogens is 438 g/mol. The summed E-state index contributed by atoms with van der Waals surface area (Å²) in [4.78, 5) is 32.2. The number of carbonyl (C=O) groups is 2. The third kappa shape index (κ3) is 6.00. The predicted octanol–water partition coefficient (Wildman–Crippen LogP) is 4.26. The number of hydrogen-bond acceptors (Lipinski definition) is 6. The minimum Gasteiger partial charge on any atom is -0.466 e. The summed E-state index contributed by atoms with van der Waals surface area (Å²) in [5.74, 6) is -0.361. The van der Waals surface area contributed by atoms with Crippen molar-refractivity contribution in [3.05, 3.63) is 47.1 Å².